The Labute approximate surface area is 169 Å². The van der Waals surface area contributed by atoms with Crippen LogP contribution in [0.2, 0.25) is 0 Å². The minimum Gasteiger partial charge on any atom is -0.485 e. The SMILES string of the molecule is CCN(CC)C(=O)/C=C(\C)c1ccc(OCc2ccsc2)c(OCC(=O)O)c1. The third-order valence-corrected chi connectivity index (χ3v) is 4.87. The highest BCUT2D eigenvalue weighted by Crippen LogP contribution is 2.32. The Bertz CT molecular complexity index is 825. The molecule has 150 valence electrons. The predicted octanol–water partition coefficient (Wildman–Crippen LogP) is 4.06. The zero-order valence-corrected chi connectivity index (χ0v) is 17.1. The van der Waals surface area contributed by atoms with Gasteiger partial charge in [-0.3, -0.25) is 4.79 Å². The number of amides is 1. The lowest BCUT2D eigenvalue weighted by atomic mass is 10.1. The number of thiophene rings is 1. The van der Waals surface area contributed by atoms with Gasteiger partial charge in [0, 0.05) is 19.2 Å². The van der Waals surface area contributed by atoms with Crippen LogP contribution >= 0.6 is 11.3 Å². The molecule has 0 saturated heterocycles. The van der Waals surface area contributed by atoms with E-state index in [-0.39, 0.29) is 5.91 Å². The first-order valence-corrected chi connectivity index (χ1v) is 9.99. The van der Waals surface area contributed by atoms with Crippen LogP contribution in [0.1, 0.15) is 31.9 Å². The van der Waals surface area contributed by atoms with Crippen LogP contribution < -0.4 is 9.47 Å². The Morgan fingerprint density at radius 1 is 1.14 bits per heavy atom. The van der Waals surface area contributed by atoms with Crippen LogP contribution in [-0.4, -0.2) is 41.6 Å². The molecule has 0 unspecified atom stereocenters. The summed E-state index contributed by atoms with van der Waals surface area (Å²) in [6.07, 6.45) is 1.58. The molecule has 0 spiro atoms. The Hall–Kier alpha value is -2.80. The van der Waals surface area contributed by atoms with E-state index < -0.39 is 12.6 Å². The number of likely N-dealkylation sites (N-methyl/N-ethyl adjacent to an activating group) is 1. The molecular weight excluding hydrogens is 378 g/mol. The molecule has 0 aliphatic rings. The van der Waals surface area contributed by atoms with Crippen molar-refractivity contribution >= 4 is 28.8 Å². The molecule has 1 heterocycles. The molecule has 6 nitrogen and oxygen atoms in total. The first-order valence-electron chi connectivity index (χ1n) is 9.04. The van der Waals surface area contributed by atoms with E-state index in [9.17, 15) is 9.59 Å². The fourth-order valence-electron chi connectivity index (χ4n) is 2.56. The molecule has 0 aliphatic carbocycles. The van der Waals surface area contributed by atoms with Crippen molar-refractivity contribution in [3.05, 3.63) is 52.2 Å². The molecule has 28 heavy (non-hydrogen) atoms. The highest BCUT2D eigenvalue weighted by Gasteiger charge is 2.12. The molecule has 7 heteroatoms. The van der Waals surface area contributed by atoms with Crippen LogP contribution in [0.5, 0.6) is 11.5 Å². The predicted molar refractivity (Wildman–Crippen MR) is 110 cm³/mol. The molecule has 0 bridgehead atoms. The molecule has 0 atom stereocenters. The van der Waals surface area contributed by atoms with Crippen LogP contribution in [0.4, 0.5) is 0 Å². The number of rotatable bonds is 10. The van der Waals surface area contributed by atoms with Gasteiger partial charge in [0.05, 0.1) is 0 Å². The topological polar surface area (TPSA) is 76.1 Å². The number of hydrogen-bond acceptors (Lipinski definition) is 5. The summed E-state index contributed by atoms with van der Waals surface area (Å²) in [7, 11) is 0. The van der Waals surface area contributed by atoms with Crippen molar-refractivity contribution in [2.24, 2.45) is 0 Å². The van der Waals surface area contributed by atoms with E-state index in [0.29, 0.717) is 31.2 Å². The molecule has 1 aromatic carbocycles. The van der Waals surface area contributed by atoms with E-state index in [0.717, 1.165) is 16.7 Å². The third kappa shape index (κ3) is 6.13. The quantitative estimate of drug-likeness (QED) is 0.606. The molecule has 0 radical (unpaired) electrons. The van der Waals surface area contributed by atoms with Crippen molar-refractivity contribution < 1.29 is 24.2 Å². The molecule has 2 aromatic rings. The number of hydrogen-bond donors (Lipinski definition) is 1. The van der Waals surface area contributed by atoms with Gasteiger partial charge in [-0.15, -0.1) is 0 Å². The first-order chi connectivity index (χ1) is 13.4. The van der Waals surface area contributed by atoms with Gasteiger partial charge < -0.3 is 19.5 Å². The Balaban J connectivity index is 2.23. The number of benzene rings is 1. The summed E-state index contributed by atoms with van der Waals surface area (Å²) in [6, 6.07) is 7.23. The molecule has 1 aromatic heterocycles. The normalized spacial score (nSPS) is 11.2. The summed E-state index contributed by atoms with van der Waals surface area (Å²) < 4.78 is 11.2. The van der Waals surface area contributed by atoms with Crippen LogP contribution in [0.15, 0.2) is 41.1 Å². The van der Waals surface area contributed by atoms with E-state index in [1.807, 2.05) is 43.7 Å². The summed E-state index contributed by atoms with van der Waals surface area (Å²) in [6.45, 7) is 6.87. The van der Waals surface area contributed by atoms with E-state index in [2.05, 4.69) is 0 Å². The third-order valence-electron chi connectivity index (χ3n) is 4.14. The standard InChI is InChI=1S/C21H25NO5S/c1-4-22(5-2)20(23)10-15(3)17-6-7-18(19(11-17)27-13-21(24)25)26-12-16-8-9-28-14-16/h6-11,14H,4-5,12-13H2,1-3H3,(H,24,25)/b15-10+. The summed E-state index contributed by atoms with van der Waals surface area (Å²) >= 11 is 1.58. The smallest absolute Gasteiger partial charge is 0.341 e. The number of carboxylic acid groups (broad SMARTS) is 1. The monoisotopic (exact) mass is 403 g/mol. The molecular formula is C21H25NO5S. The van der Waals surface area contributed by atoms with Crippen LogP contribution in [-0.2, 0) is 16.2 Å². The Morgan fingerprint density at radius 2 is 1.89 bits per heavy atom. The maximum Gasteiger partial charge on any atom is 0.341 e. The van der Waals surface area contributed by atoms with Crippen LogP contribution in [0.3, 0.4) is 0 Å². The van der Waals surface area contributed by atoms with E-state index in [4.69, 9.17) is 14.6 Å². The number of ether oxygens (including phenoxy) is 2. The van der Waals surface area contributed by atoms with Crippen molar-refractivity contribution in [2.45, 2.75) is 27.4 Å². The molecule has 0 aliphatic heterocycles. The summed E-state index contributed by atoms with van der Waals surface area (Å²) in [5.41, 5.74) is 2.56. The number of carbonyl (C=O) groups is 2. The van der Waals surface area contributed by atoms with Crippen molar-refractivity contribution in [2.75, 3.05) is 19.7 Å². The van der Waals surface area contributed by atoms with Gasteiger partial charge in [0.2, 0.25) is 5.91 Å². The zero-order chi connectivity index (χ0) is 20.5. The molecule has 1 N–H and O–H groups in total. The van der Waals surface area contributed by atoms with Crippen LogP contribution in [0, 0.1) is 0 Å². The second kappa shape index (κ2) is 10.5. The van der Waals surface area contributed by atoms with Gasteiger partial charge in [-0.05, 0) is 66.4 Å². The zero-order valence-electron chi connectivity index (χ0n) is 16.3. The second-order valence-corrected chi connectivity index (χ2v) is 6.88. The largest absolute Gasteiger partial charge is 0.485 e. The van der Waals surface area contributed by atoms with Crippen molar-refractivity contribution in [3.8, 4) is 11.5 Å². The fraction of sp³-hybridized carbons (Fsp3) is 0.333. The van der Waals surface area contributed by atoms with Gasteiger partial charge in [-0.1, -0.05) is 6.07 Å². The second-order valence-electron chi connectivity index (χ2n) is 6.10. The van der Waals surface area contributed by atoms with Crippen molar-refractivity contribution in [1.29, 1.82) is 0 Å². The van der Waals surface area contributed by atoms with Gasteiger partial charge in [-0.25, -0.2) is 4.79 Å². The lowest BCUT2D eigenvalue weighted by Crippen LogP contribution is -2.28. The maximum absolute atomic E-state index is 12.3. The number of allylic oxidation sites excluding steroid dienone is 1. The van der Waals surface area contributed by atoms with Crippen molar-refractivity contribution in [3.63, 3.8) is 0 Å². The average molecular weight is 404 g/mol. The molecule has 2 rings (SSSR count). The van der Waals surface area contributed by atoms with E-state index >= 15 is 0 Å². The number of aliphatic carboxylic acids is 1. The van der Waals surface area contributed by atoms with Gasteiger partial charge in [-0.2, -0.15) is 11.3 Å². The Kier molecular flexibility index (Phi) is 8.07. The number of nitrogens with zero attached hydrogens (tertiary/aromatic N) is 1. The highest BCUT2D eigenvalue weighted by molar-refractivity contribution is 7.07. The summed E-state index contributed by atoms with van der Waals surface area (Å²) in [5.74, 6) is -0.344. The van der Waals surface area contributed by atoms with E-state index in [1.165, 1.54) is 0 Å². The molecule has 0 saturated carbocycles. The number of carboxylic acids is 1. The minimum atomic E-state index is -1.07. The number of carbonyl (C=O) groups excluding carboxylic acids is 1. The van der Waals surface area contributed by atoms with Crippen LogP contribution in [0.25, 0.3) is 5.57 Å². The van der Waals surface area contributed by atoms with Gasteiger partial charge in [0.15, 0.2) is 18.1 Å². The lowest BCUT2D eigenvalue weighted by Gasteiger charge is -2.17. The first kappa shape index (κ1) is 21.5. The van der Waals surface area contributed by atoms with E-state index in [1.54, 1.807) is 34.4 Å². The lowest BCUT2D eigenvalue weighted by molar-refractivity contribution is -0.139. The van der Waals surface area contributed by atoms with Gasteiger partial charge in [0.25, 0.3) is 0 Å². The van der Waals surface area contributed by atoms with Crippen molar-refractivity contribution in [1.82, 2.24) is 4.90 Å². The fourth-order valence-corrected chi connectivity index (χ4v) is 3.21. The average Bonchev–Trinajstić information content (AvgIpc) is 3.19. The van der Waals surface area contributed by atoms with Gasteiger partial charge in [0.1, 0.15) is 6.61 Å². The maximum atomic E-state index is 12.3. The summed E-state index contributed by atoms with van der Waals surface area (Å²) in [4.78, 5) is 24.9. The minimum absolute atomic E-state index is 0.0618. The van der Waals surface area contributed by atoms with Gasteiger partial charge >= 0.3 is 5.97 Å². The Morgan fingerprint density at radius 3 is 2.50 bits per heavy atom. The highest BCUT2D eigenvalue weighted by atomic mass is 32.1. The molecule has 0 fully saturated rings. The molecule has 1 amide bonds. The summed E-state index contributed by atoms with van der Waals surface area (Å²) in [5, 5.41) is 12.9.